The highest BCUT2D eigenvalue weighted by Crippen LogP contribution is 2.33. The van der Waals surface area contributed by atoms with Crippen LogP contribution in [0.25, 0.3) is 0 Å². The molecule has 1 N–H and O–H groups in total. The largest absolute Gasteiger partial charge is 0.271 e. The Labute approximate surface area is 181 Å². The molecule has 0 unspecified atom stereocenters. The number of carbonyl (C=O) groups excluding carboxylic acids is 1. The van der Waals surface area contributed by atoms with Gasteiger partial charge in [0, 0.05) is 3.57 Å². The number of sulfonamides is 1. The number of halogens is 3. The normalized spacial score (nSPS) is 12.0. The maximum Gasteiger partial charge on any atom is 0.260 e. The first-order valence-electron chi connectivity index (χ1n) is 7.60. The lowest BCUT2D eigenvalue weighted by molar-refractivity contribution is -0.119. The van der Waals surface area contributed by atoms with E-state index in [0.29, 0.717) is 5.71 Å². The molecule has 0 fully saturated rings. The molecule has 0 aliphatic rings. The fourth-order valence-corrected chi connectivity index (χ4v) is 3.80. The summed E-state index contributed by atoms with van der Waals surface area (Å²) in [5, 5.41) is 4.27. The standard InChI is InChI=1S/C17H16Cl2IN3O3S/c1-11(12-6-8-13(20)9-7-12)21-22-16(24)10-23(27(2,25)26)15-5-3-4-14(18)17(15)19/h3-9H,10H2,1-2H3,(H,22,24)/b21-11-. The number of carbonyl (C=O) groups is 1. The fraction of sp³-hybridized carbons (Fsp3) is 0.176. The topological polar surface area (TPSA) is 78.8 Å². The highest BCUT2D eigenvalue weighted by molar-refractivity contribution is 14.1. The second-order valence-electron chi connectivity index (χ2n) is 5.58. The van der Waals surface area contributed by atoms with Crippen molar-refractivity contribution >= 4 is 73.1 Å². The molecule has 1 amide bonds. The molecule has 2 aromatic rings. The first-order chi connectivity index (χ1) is 12.6. The van der Waals surface area contributed by atoms with Crippen molar-refractivity contribution in [2.75, 3.05) is 17.1 Å². The van der Waals surface area contributed by atoms with Gasteiger partial charge in [0.15, 0.2) is 0 Å². The molecular formula is C17H16Cl2IN3O3S. The van der Waals surface area contributed by atoms with Crippen molar-refractivity contribution in [1.82, 2.24) is 5.43 Å². The third kappa shape index (κ3) is 6.06. The first kappa shape index (κ1) is 21.9. The molecule has 0 saturated carbocycles. The van der Waals surface area contributed by atoms with E-state index in [4.69, 9.17) is 23.2 Å². The van der Waals surface area contributed by atoms with Gasteiger partial charge in [-0.2, -0.15) is 5.10 Å². The average molecular weight is 540 g/mol. The summed E-state index contributed by atoms with van der Waals surface area (Å²) in [6.07, 6.45) is 0.984. The minimum absolute atomic E-state index is 0.0518. The lowest BCUT2D eigenvalue weighted by Gasteiger charge is -2.22. The van der Waals surface area contributed by atoms with Crippen molar-refractivity contribution in [2.45, 2.75) is 6.92 Å². The van der Waals surface area contributed by atoms with Crippen LogP contribution in [0.1, 0.15) is 12.5 Å². The molecule has 27 heavy (non-hydrogen) atoms. The summed E-state index contributed by atoms with van der Waals surface area (Å²) < 4.78 is 26.2. The summed E-state index contributed by atoms with van der Waals surface area (Å²) in [5.74, 6) is -0.610. The van der Waals surface area contributed by atoms with Crippen LogP contribution in [0.5, 0.6) is 0 Å². The highest BCUT2D eigenvalue weighted by Gasteiger charge is 2.23. The van der Waals surface area contributed by atoms with Crippen molar-refractivity contribution in [3.05, 3.63) is 61.6 Å². The summed E-state index contributed by atoms with van der Waals surface area (Å²) in [6, 6.07) is 12.2. The average Bonchev–Trinajstić information content (AvgIpc) is 2.60. The molecule has 0 radical (unpaired) electrons. The molecule has 2 rings (SSSR count). The van der Waals surface area contributed by atoms with Gasteiger partial charge >= 0.3 is 0 Å². The predicted molar refractivity (Wildman–Crippen MR) is 118 cm³/mol. The number of rotatable bonds is 6. The van der Waals surface area contributed by atoms with Crippen molar-refractivity contribution in [1.29, 1.82) is 0 Å². The van der Waals surface area contributed by atoms with E-state index in [-0.39, 0.29) is 15.7 Å². The van der Waals surface area contributed by atoms with Gasteiger partial charge in [-0.3, -0.25) is 9.10 Å². The molecular weight excluding hydrogens is 524 g/mol. The van der Waals surface area contributed by atoms with Gasteiger partial charge in [-0.25, -0.2) is 13.8 Å². The molecule has 0 spiro atoms. The van der Waals surface area contributed by atoms with Crippen LogP contribution in [0, 0.1) is 3.57 Å². The Morgan fingerprint density at radius 2 is 1.81 bits per heavy atom. The molecule has 0 heterocycles. The zero-order valence-corrected chi connectivity index (χ0v) is 18.9. The van der Waals surface area contributed by atoms with Crippen LogP contribution in [-0.2, 0) is 14.8 Å². The van der Waals surface area contributed by atoms with Crippen molar-refractivity contribution in [2.24, 2.45) is 5.10 Å². The summed E-state index contributed by atoms with van der Waals surface area (Å²) in [4.78, 5) is 12.3. The number of benzene rings is 2. The van der Waals surface area contributed by atoms with Crippen LogP contribution >= 0.6 is 45.8 Å². The van der Waals surface area contributed by atoms with Crippen LogP contribution in [0.4, 0.5) is 5.69 Å². The molecule has 0 bridgehead atoms. The van der Waals surface area contributed by atoms with Crippen LogP contribution in [0.3, 0.4) is 0 Å². The summed E-state index contributed by atoms with van der Waals surface area (Å²) in [6.45, 7) is 1.26. The Bertz CT molecular complexity index is 979. The molecule has 0 atom stereocenters. The zero-order valence-electron chi connectivity index (χ0n) is 14.4. The number of anilines is 1. The first-order valence-corrected chi connectivity index (χ1v) is 11.3. The SMILES string of the molecule is C/C(=N/NC(=O)CN(c1cccc(Cl)c1Cl)S(C)(=O)=O)c1ccc(I)cc1. The van der Waals surface area contributed by atoms with Gasteiger partial charge in [-0.15, -0.1) is 0 Å². The molecule has 0 aliphatic carbocycles. The lowest BCUT2D eigenvalue weighted by atomic mass is 10.1. The monoisotopic (exact) mass is 539 g/mol. The Kier molecular flexibility index (Phi) is 7.49. The zero-order chi connectivity index (χ0) is 20.2. The molecule has 144 valence electrons. The molecule has 10 heteroatoms. The molecule has 0 aliphatic heterocycles. The minimum atomic E-state index is -3.77. The van der Waals surface area contributed by atoms with Crippen molar-refractivity contribution < 1.29 is 13.2 Å². The van der Waals surface area contributed by atoms with Gasteiger partial charge in [0.05, 0.1) is 27.7 Å². The number of hydrogen-bond acceptors (Lipinski definition) is 4. The van der Waals surface area contributed by atoms with E-state index >= 15 is 0 Å². The summed E-state index contributed by atoms with van der Waals surface area (Å²) in [7, 11) is -3.77. The second-order valence-corrected chi connectivity index (χ2v) is 9.52. The molecule has 6 nitrogen and oxygen atoms in total. The Morgan fingerprint density at radius 3 is 2.41 bits per heavy atom. The van der Waals surface area contributed by atoms with E-state index in [9.17, 15) is 13.2 Å². The van der Waals surface area contributed by atoms with Crippen LogP contribution in [0.2, 0.25) is 10.0 Å². The van der Waals surface area contributed by atoms with Crippen LogP contribution in [-0.4, -0.2) is 32.8 Å². The van der Waals surface area contributed by atoms with Gasteiger partial charge in [0.2, 0.25) is 10.0 Å². The quantitative estimate of drug-likeness (QED) is 0.343. The summed E-state index contributed by atoms with van der Waals surface area (Å²) in [5.41, 5.74) is 3.92. The number of nitrogens with zero attached hydrogens (tertiary/aromatic N) is 2. The summed E-state index contributed by atoms with van der Waals surface area (Å²) >= 11 is 14.2. The van der Waals surface area contributed by atoms with E-state index in [1.165, 1.54) is 12.1 Å². The Balaban J connectivity index is 2.18. The van der Waals surface area contributed by atoms with Crippen LogP contribution < -0.4 is 9.73 Å². The fourth-order valence-electron chi connectivity index (χ4n) is 2.13. The maximum absolute atomic E-state index is 12.3. The highest BCUT2D eigenvalue weighted by atomic mass is 127. The van der Waals surface area contributed by atoms with Gasteiger partial charge < -0.3 is 0 Å². The van der Waals surface area contributed by atoms with Gasteiger partial charge in [0.1, 0.15) is 6.54 Å². The van der Waals surface area contributed by atoms with E-state index in [2.05, 4.69) is 33.1 Å². The molecule has 0 saturated heterocycles. The van der Waals surface area contributed by atoms with Gasteiger partial charge in [-0.05, 0) is 59.3 Å². The predicted octanol–water partition coefficient (Wildman–Crippen LogP) is 3.90. The van der Waals surface area contributed by atoms with Crippen molar-refractivity contribution in [3.8, 4) is 0 Å². The Morgan fingerprint density at radius 1 is 1.19 bits per heavy atom. The number of hydrazone groups is 1. The van der Waals surface area contributed by atoms with Crippen LogP contribution in [0.15, 0.2) is 47.6 Å². The third-order valence-corrected chi connectivity index (χ3v) is 6.15. The number of amides is 1. The van der Waals surface area contributed by atoms with E-state index in [1.807, 2.05) is 24.3 Å². The number of hydrogen-bond donors (Lipinski definition) is 1. The second kappa shape index (κ2) is 9.22. The third-order valence-electron chi connectivity index (χ3n) is 3.50. The lowest BCUT2D eigenvalue weighted by Crippen LogP contribution is -2.39. The Hall–Kier alpha value is -1.36. The molecule has 2 aromatic carbocycles. The van der Waals surface area contributed by atoms with E-state index in [1.54, 1.807) is 13.0 Å². The van der Waals surface area contributed by atoms with Gasteiger partial charge in [0.25, 0.3) is 5.91 Å². The molecule has 0 aromatic heterocycles. The minimum Gasteiger partial charge on any atom is -0.271 e. The van der Waals surface area contributed by atoms with E-state index < -0.39 is 22.5 Å². The smallest absolute Gasteiger partial charge is 0.260 e. The van der Waals surface area contributed by atoms with Gasteiger partial charge in [-0.1, -0.05) is 41.4 Å². The van der Waals surface area contributed by atoms with E-state index in [0.717, 1.165) is 19.7 Å². The maximum atomic E-state index is 12.3. The number of nitrogens with one attached hydrogen (secondary N) is 1. The van der Waals surface area contributed by atoms with Crippen molar-refractivity contribution in [3.63, 3.8) is 0 Å².